The molecule has 0 N–H and O–H groups in total. The molecule has 1 fully saturated rings. The van der Waals surface area contributed by atoms with Gasteiger partial charge in [0, 0.05) is 44.1 Å². The van der Waals surface area contributed by atoms with Crippen LogP contribution in [0, 0.1) is 0 Å². The summed E-state index contributed by atoms with van der Waals surface area (Å²) in [4.78, 5) is 17.5. The van der Waals surface area contributed by atoms with E-state index in [1.165, 1.54) is 0 Å². The maximum Gasteiger partial charge on any atom is 0.241 e. The minimum Gasteiger partial charge on any atom is -0.493 e. The van der Waals surface area contributed by atoms with Gasteiger partial charge in [-0.2, -0.15) is 4.98 Å². The highest BCUT2D eigenvalue weighted by Crippen LogP contribution is 2.31. The highest BCUT2D eigenvalue weighted by molar-refractivity contribution is 5.60. The Hall–Kier alpha value is -3.20. The average molecular weight is 382 g/mol. The van der Waals surface area contributed by atoms with Crippen LogP contribution in [0.3, 0.4) is 0 Å². The van der Waals surface area contributed by atoms with Crippen molar-refractivity contribution in [2.75, 3.05) is 45.3 Å². The number of hydrogen-bond donors (Lipinski definition) is 0. The van der Waals surface area contributed by atoms with Crippen molar-refractivity contribution in [3.63, 3.8) is 0 Å². The van der Waals surface area contributed by atoms with E-state index in [9.17, 15) is 0 Å². The van der Waals surface area contributed by atoms with Gasteiger partial charge in [0.05, 0.1) is 27.0 Å². The number of aromatic nitrogens is 4. The van der Waals surface area contributed by atoms with Crippen LogP contribution in [0.15, 0.2) is 41.3 Å². The van der Waals surface area contributed by atoms with Gasteiger partial charge in [0.15, 0.2) is 11.5 Å². The predicted molar refractivity (Wildman–Crippen MR) is 102 cm³/mol. The van der Waals surface area contributed by atoms with Crippen molar-refractivity contribution in [1.29, 1.82) is 0 Å². The van der Waals surface area contributed by atoms with Gasteiger partial charge in [-0.15, -0.1) is 0 Å². The third-order valence-corrected chi connectivity index (χ3v) is 4.71. The van der Waals surface area contributed by atoms with Gasteiger partial charge in [0.1, 0.15) is 5.82 Å². The third-order valence-electron chi connectivity index (χ3n) is 4.71. The van der Waals surface area contributed by atoms with Crippen LogP contribution in [0.4, 0.5) is 5.82 Å². The van der Waals surface area contributed by atoms with Gasteiger partial charge in [-0.05, 0) is 18.2 Å². The normalized spacial score (nSPS) is 14.9. The fourth-order valence-electron chi connectivity index (χ4n) is 3.19. The van der Waals surface area contributed by atoms with Crippen LogP contribution in [0.2, 0.25) is 0 Å². The summed E-state index contributed by atoms with van der Waals surface area (Å²) in [5, 5.41) is 4.11. The lowest BCUT2D eigenvalue weighted by atomic mass is 10.2. The fraction of sp³-hybridized carbons (Fsp3) is 0.368. The van der Waals surface area contributed by atoms with Crippen LogP contribution >= 0.6 is 0 Å². The fourth-order valence-corrected chi connectivity index (χ4v) is 3.19. The Balaban J connectivity index is 1.38. The molecule has 0 bridgehead atoms. The molecule has 1 aromatic carbocycles. The van der Waals surface area contributed by atoms with Crippen molar-refractivity contribution in [3.8, 4) is 22.9 Å². The molecule has 2 aromatic heterocycles. The monoisotopic (exact) mass is 382 g/mol. The van der Waals surface area contributed by atoms with Crippen LogP contribution in [0.25, 0.3) is 11.4 Å². The molecule has 3 aromatic rings. The summed E-state index contributed by atoms with van der Waals surface area (Å²) < 4.78 is 16.1. The Morgan fingerprint density at radius 1 is 1.04 bits per heavy atom. The summed E-state index contributed by atoms with van der Waals surface area (Å²) in [5.74, 6) is 3.34. The number of anilines is 1. The van der Waals surface area contributed by atoms with E-state index in [1.807, 2.05) is 18.2 Å². The minimum absolute atomic E-state index is 0.536. The number of hydrogen-bond acceptors (Lipinski definition) is 9. The Morgan fingerprint density at radius 2 is 1.86 bits per heavy atom. The first-order chi connectivity index (χ1) is 13.8. The minimum atomic E-state index is 0.536. The average Bonchev–Trinajstić information content (AvgIpc) is 3.23. The number of nitrogens with zero attached hydrogens (tertiary/aromatic N) is 6. The van der Waals surface area contributed by atoms with Crippen LogP contribution < -0.4 is 14.4 Å². The first kappa shape index (κ1) is 18.2. The molecular formula is C19H22N6O3. The zero-order valence-corrected chi connectivity index (χ0v) is 15.9. The van der Waals surface area contributed by atoms with Crippen LogP contribution in [-0.4, -0.2) is 65.4 Å². The van der Waals surface area contributed by atoms with Gasteiger partial charge in [0.25, 0.3) is 0 Å². The van der Waals surface area contributed by atoms with Gasteiger partial charge in [-0.3, -0.25) is 9.88 Å². The van der Waals surface area contributed by atoms with Gasteiger partial charge >= 0.3 is 0 Å². The highest BCUT2D eigenvalue weighted by Gasteiger charge is 2.20. The molecule has 0 radical (unpaired) electrons. The lowest BCUT2D eigenvalue weighted by molar-refractivity contribution is 0.215. The van der Waals surface area contributed by atoms with E-state index in [1.54, 1.807) is 32.8 Å². The molecule has 3 heterocycles. The predicted octanol–water partition coefficient (Wildman–Crippen LogP) is 1.87. The molecule has 1 aliphatic rings. The zero-order chi connectivity index (χ0) is 19.3. The smallest absolute Gasteiger partial charge is 0.241 e. The quantitative estimate of drug-likeness (QED) is 0.634. The SMILES string of the molecule is COc1ccc(-c2noc(CN3CCN(c4cnccn4)CC3)n2)cc1OC. The van der Waals surface area contributed by atoms with Gasteiger partial charge in [-0.1, -0.05) is 5.16 Å². The Kier molecular flexibility index (Phi) is 5.34. The number of ether oxygens (including phenoxy) is 2. The molecule has 4 rings (SSSR count). The summed E-state index contributed by atoms with van der Waals surface area (Å²) in [6.45, 7) is 4.18. The van der Waals surface area contributed by atoms with Crippen molar-refractivity contribution in [2.24, 2.45) is 0 Å². The van der Waals surface area contributed by atoms with E-state index in [4.69, 9.17) is 14.0 Å². The number of rotatable bonds is 6. The van der Waals surface area contributed by atoms with Crippen molar-refractivity contribution < 1.29 is 14.0 Å². The maximum atomic E-state index is 5.45. The molecular weight excluding hydrogens is 360 g/mol. The topological polar surface area (TPSA) is 89.6 Å². The summed E-state index contributed by atoms with van der Waals surface area (Å²) in [6.07, 6.45) is 5.20. The van der Waals surface area contributed by atoms with Gasteiger partial charge in [-0.25, -0.2) is 4.98 Å². The van der Waals surface area contributed by atoms with Crippen molar-refractivity contribution in [1.82, 2.24) is 25.0 Å². The van der Waals surface area contributed by atoms with E-state index in [2.05, 4.69) is 29.9 Å². The third kappa shape index (κ3) is 3.89. The van der Waals surface area contributed by atoms with Crippen LogP contribution in [0.1, 0.15) is 5.89 Å². The molecule has 28 heavy (non-hydrogen) atoms. The zero-order valence-electron chi connectivity index (χ0n) is 15.9. The first-order valence-corrected chi connectivity index (χ1v) is 9.05. The second-order valence-electron chi connectivity index (χ2n) is 6.41. The highest BCUT2D eigenvalue weighted by atomic mass is 16.5. The molecule has 9 nitrogen and oxygen atoms in total. The molecule has 0 amide bonds. The number of piperazine rings is 1. The van der Waals surface area contributed by atoms with Crippen molar-refractivity contribution in [2.45, 2.75) is 6.54 Å². The summed E-state index contributed by atoms with van der Waals surface area (Å²) in [5.41, 5.74) is 0.820. The largest absolute Gasteiger partial charge is 0.493 e. The van der Waals surface area contributed by atoms with E-state index in [-0.39, 0.29) is 0 Å². The summed E-state index contributed by atoms with van der Waals surface area (Å²) >= 11 is 0. The van der Waals surface area contributed by atoms with Crippen LogP contribution in [-0.2, 0) is 6.54 Å². The lowest BCUT2D eigenvalue weighted by Crippen LogP contribution is -2.46. The first-order valence-electron chi connectivity index (χ1n) is 9.05. The van der Waals surface area contributed by atoms with E-state index in [0.29, 0.717) is 29.8 Å². The molecule has 1 aliphatic heterocycles. The van der Waals surface area contributed by atoms with Crippen molar-refractivity contribution in [3.05, 3.63) is 42.7 Å². The molecule has 146 valence electrons. The Bertz CT molecular complexity index is 909. The van der Waals surface area contributed by atoms with E-state index < -0.39 is 0 Å². The summed E-state index contributed by atoms with van der Waals surface area (Å²) in [7, 11) is 3.21. The second kappa shape index (κ2) is 8.22. The van der Waals surface area contributed by atoms with Crippen molar-refractivity contribution >= 4 is 5.82 Å². The standard InChI is InChI=1S/C19H22N6O3/c1-26-15-4-3-14(11-16(15)27-2)19-22-18(28-23-19)13-24-7-9-25(10-8-24)17-12-20-5-6-21-17/h3-6,11-12H,7-10,13H2,1-2H3. The Labute approximate surface area is 162 Å². The lowest BCUT2D eigenvalue weighted by Gasteiger charge is -2.34. The molecule has 1 saturated heterocycles. The number of methoxy groups -OCH3 is 2. The number of benzene rings is 1. The molecule has 0 aliphatic carbocycles. The molecule has 0 atom stereocenters. The van der Waals surface area contributed by atoms with E-state index in [0.717, 1.165) is 37.6 Å². The van der Waals surface area contributed by atoms with Gasteiger partial charge in [0.2, 0.25) is 11.7 Å². The molecule has 0 unspecified atom stereocenters. The maximum absolute atomic E-state index is 5.45. The Morgan fingerprint density at radius 3 is 2.57 bits per heavy atom. The molecule has 9 heteroatoms. The van der Waals surface area contributed by atoms with E-state index >= 15 is 0 Å². The summed E-state index contributed by atoms with van der Waals surface area (Å²) in [6, 6.07) is 5.55. The molecule has 0 saturated carbocycles. The second-order valence-corrected chi connectivity index (χ2v) is 6.41. The molecule has 0 spiro atoms. The van der Waals surface area contributed by atoms with Gasteiger partial charge < -0.3 is 18.9 Å². The van der Waals surface area contributed by atoms with Crippen LogP contribution in [0.5, 0.6) is 11.5 Å².